The molecule has 1 fully saturated rings. The summed E-state index contributed by atoms with van der Waals surface area (Å²) in [5, 5.41) is 2.88. The molecule has 1 saturated heterocycles. The van der Waals surface area contributed by atoms with E-state index in [2.05, 4.69) is 22.3 Å². The van der Waals surface area contributed by atoms with Crippen molar-refractivity contribution in [1.82, 2.24) is 0 Å². The largest absolute Gasteiger partial charge is 0.484 e. The van der Waals surface area contributed by atoms with Crippen molar-refractivity contribution in [2.45, 2.75) is 32.6 Å². The number of amides is 1. The number of nitrogens with one attached hydrogen (secondary N) is 1. The number of benzene rings is 2. The van der Waals surface area contributed by atoms with Gasteiger partial charge in [-0.05, 0) is 56.2 Å². The first kappa shape index (κ1) is 17.3. The number of anilines is 2. The summed E-state index contributed by atoms with van der Waals surface area (Å²) in [6, 6.07) is 15.8. The van der Waals surface area contributed by atoms with Crippen molar-refractivity contribution >= 4 is 17.3 Å². The fourth-order valence-corrected chi connectivity index (χ4v) is 3.06. The summed E-state index contributed by atoms with van der Waals surface area (Å²) in [5.74, 6) is 0.556. The third-order valence-electron chi connectivity index (χ3n) is 4.51. The molecule has 132 valence electrons. The van der Waals surface area contributed by atoms with Gasteiger partial charge in [-0.1, -0.05) is 30.5 Å². The van der Waals surface area contributed by atoms with E-state index >= 15 is 0 Å². The third-order valence-corrected chi connectivity index (χ3v) is 4.51. The molecule has 1 aliphatic heterocycles. The Balaban J connectivity index is 1.50. The van der Waals surface area contributed by atoms with Crippen molar-refractivity contribution < 1.29 is 9.53 Å². The molecule has 1 aliphatic rings. The van der Waals surface area contributed by atoms with Gasteiger partial charge in [0.1, 0.15) is 5.75 Å². The number of carbonyl (C=O) groups excluding carboxylic acids is 1. The summed E-state index contributed by atoms with van der Waals surface area (Å²) in [5.41, 5.74) is 3.20. The number of carbonyl (C=O) groups is 1. The van der Waals surface area contributed by atoms with Gasteiger partial charge in [-0.2, -0.15) is 0 Å². The van der Waals surface area contributed by atoms with Gasteiger partial charge in [-0.3, -0.25) is 4.79 Å². The minimum absolute atomic E-state index is 0.0109. The average Bonchev–Trinajstić information content (AvgIpc) is 2.91. The van der Waals surface area contributed by atoms with Crippen LogP contribution in [0.4, 0.5) is 11.4 Å². The molecule has 2 aromatic carbocycles. The van der Waals surface area contributed by atoms with E-state index in [4.69, 9.17) is 4.74 Å². The van der Waals surface area contributed by atoms with Crippen LogP contribution in [0.15, 0.2) is 48.5 Å². The molecule has 0 radical (unpaired) electrons. The zero-order valence-electron chi connectivity index (χ0n) is 14.8. The van der Waals surface area contributed by atoms with E-state index in [1.807, 2.05) is 43.3 Å². The zero-order chi connectivity index (χ0) is 17.5. The fraction of sp³-hybridized carbons (Fsp3) is 0.381. The third kappa shape index (κ3) is 5.24. The monoisotopic (exact) mass is 338 g/mol. The maximum absolute atomic E-state index is 12.0. The lowest BCUT2D eigenvalue weighted by Gasteiger charge is -2.22. The van der Waals surface area contributed by atoms with Crippen LogP contribution < -0.4 is 15.0 Å². The van der Waals surface area contributed by atoms with Crippen molar-refractivity contribution in [2.75, 3.05) is 29.9 Å². The van der Waals surface area contributed by atoms with Crippen LogP contribution in [0.2, 0.25) is 0 Å². The SMILES string of the molecule is Cc1ccc(OCC(=O)Nc2ccc(N3CCCCCC3)cc2)cc1. The molecule has 0 unspecified atom stereocenters. The van der Waals surface area contributed by atoms with Crippen molar-refractivity contribution in [1.29, 1.82) is 0 Å². The number of rotatable bonds is 5. The molecule has 0 bridgehead atoms. The Hall–Kier alpha value is -2.49. The molecule has 1 N–H and O–H groups in total. The molecule has 4 heteroatoms. The normalized spacial score (nSPS) is 14.7. The van der Waals surface area contributed by atoms with E-state index in [1.54, 1.807) is 0 Å². The van der Waals surface area contributed by atoms with Gasteiger partial charge in [0.15, 0.2) is 6.61 Å². The lowest BCUT2D eigenvalue weighted by molar-refractivity contribution is -0.118. The first-order chi connectivity index (χ1) is 12.2. The molecular weight excluding hydrogens is 312 g/mol. The van der Waals surface area contributed by atoms with Crippen LogP contribution in [0.5, 0.6) is 5.75 Å². The van der Waals surface area contributed by atoms with E-state index in [-0.39, 0.29) is 12.5 Å². The number of ether oxygens (including phenoxy) is 1. The van der Waals surface area contributed by atoms with E-state index in [0.717, 1.165) is 18.8 Å². The molecule has 1 heterocycles. The second-order valence-electron chi connectivity index (χ2n) is 6.60. The summed E-state index contributed by atoms with van der Waals surface area (Å²) in [6.45, 7) is 4.27. The highest BCUT2D eigenvalue weighted by atomic mass is 16.5. The number of aryl methyl sites for hydroxylation is 1. The summed E-state index contributed by atoms with van der Waals surface area (Å²) in [7, 11) is 0. The van der Waals surface area contributed by atoms with Crippen molar-refractivity contribution in [3.63, 3.8) is 0 Å². The first-order valence-corrected chi connectivity index (χ1v) is 9.05. The smallest absolute Gasteiger partial charge is 0.262 e. The highest BCUT2D eigenvalue weighted by Gasteiger charge is 2.10. The van der Waals surface area contributed by atoms with Crippen LogP contribution in [0.3, 0.4) is 0 Å². The van der Waals surface area contributed by atoms with Crippen LogP contribution in [0, 0.1) is 6.92 Å². The second-order valence-corrected chi connectivity index (χ2v) is 6.60. The fourth-order valence-electron chi connectivity index (χ4n) is 3.06. The highest BCUT2D eigenvalue weighted by Crippen LogP contribution is 2.21. The zero-order valence-corrected chi connectivity index (χ0v) is 14.8. The predicted octanol–water partition coefficient (Wildman–Crippen LogP) is 4.39. The van der Waals surface area contributed by atoms with Gasteiger partial charge >= 0.3 is 0 Å². The Kier molecular flexibility index (Phi) is 5.94. The van der Waals surface area contributed by atoms with Crippen LogP contribution in [0.1, 0.15) is 31.2 Å². The molecule has 1 amide bonds. The van der Waals surface area contributed by atoms with Gasteiger partial charge in [0, 0.05) is 24.5 Å². The standard InChI is InChI=1S/C21H26N2O2/c1-17-6-12-20(13-7-17)25-16-21(24)22-18-8-10-19(11-9-18)23-14-4-2-3-5-15-23/h6-13H,2-5,14-16H2,1H3,(H,22,24). The Morgan fingerprint density at radius 2 is 1.60 bits per heavy atom. The van der Waals surface area contributed by atoms with Crippen molar-refractivity contribution in [3.8, 4) is 5.75 Å². The molecule has 0 aromatic heterocycles. The van der Waals surface area contributed by atoms with Crippen molar-refractivity contribution in [3.05, 3.63) is 54.1 Å². The van der Waals surface area contributed by atoms with E-state index < -0.39 is 0 Å². The Morgan fingerprint density at radius 3 is 2.24 bits per heavy atom. The summed E-state index contributed by atoms with van der Waals surface area (Å²) >= 11 is 0. The lowest BCUT2D eigenvalue weighted by Crippen LogP contribution is -2.24. The van der Waals surface area contributed by atoms with Crippen LogP contribution >= 0.6 is 0 Å². The highest BCUT2D eigenvalue weighted by molar-refractivity contribution is 5.92. The average molecular weight is 338 g/mol. The lowest BCUT2D eigenvalue weighted by atomic mass is 10.2. The molecule has 3 rings (SSSR count). The maximum atomic E-state index is 12.0. The first-order valence-electron chi connectivity index (χ1n) is 9.05. The quantitative estimate of drug-likeness (QED) is 0.879. The van der Waals surface area contributed by atoms with E-state index in [1.165, 1.54) is 36.9 Å². The molecule has 0 spiro atoms. The molecule has 2 aromatic rings. The second kappa shape index (κ2) is 8.56. The Bertz CT molecular complexity index is 672. The molecule has 25 heavy (non-hydrogen) atoms. The minimum Gasteiger partial charge on any atom is -0.484 e. The summed E-state index contributed by atoms with van der Waals surface area (Å²) in [4.78, 5) is 14.5. The number of hydrogen-bond donors (Lipinski definition) is 1. The van der Waals surface area contributed by atoms with Gasteiger partial charge in [-0.15, -0.1) is 0 Å². The van der Waals surface area contributed by atoms with Crippen molar-refractivity contribution in [2.24, 2.45) is 0 Å². The van der Waals surface area contributed by atoms with Gasteiger partial charge in [0.2, 0.25) is 0 Å². The molecule has 0 atom stereocenters. The maximum Gasteiger partial charge on any atom is 0.262 e. The minimum atomic E-state index is -0.150. The van der Waals surface area contributed by atoms with E-state index in [0.29, 0.717) is 5.75 Å². The van der Waals surface area contributed by atoms with Crippen LogP contribution in [-0.2, 0) is 4.79 Å². The van der Waals surface area contributed by atoms with Crippen LogP contribution in [-0.4, -0.2) is 25.6 Å². The summed E-state index contributed by atoms with van der Waals surface area (Å²) in [6.07, 6.45) is 5.17. The van der Waals surface area contributed by atoms with Gasteiger partial charge < -0.3 is 15.0 Å². The molecule has 0 saturated carbocycles. The molecule has 4 nitrogen and oxygen atoms in total. The molecule has 0 aliphatic carbocycles. The topological polar surface area (TPSA) is 41.6 Å². The van der Waals surface area contributed by atoms with Gasteiger partial charge in [0.05, 0.1) is 0 Å². The Labute approximate surface area is 149 Å². The molecular formula is C21H26N2O2. The van der Waals surface area contributed by atoms with Crippen LogP contribution in [0.25, 0.3) is 0 Å². The number of nitrogens with zero attached hydrogens (tertiary/aromatic N) is 1. The summed E-state index contributed by atoms with van der Waals surface area (Å²) < 4.78 is 5.51. The van der Waals surface area contributed by atoms with Gasteiger partial charge in [-0.25, -0.2) is 0 Å². The predicted molar refractivity (Wildman–Crippen MR) is 102 cm³/mol. The van der Waals surface area contributed by atoms with Gasteiger partial charge in [0.25, 0.3) is 5.91 Å². The Morgan fingerprint density at radius 1 is 0.960 bits per heavy atom. The number of hydrogen-bond acceptors (Lipinski definition) is 3. The van der Waals surface area contributed by atoms with E-state index in [9.17, 15) is 4.79 Å².